The maximum absolute atomic E-state index is 14.9. The molecule has 0 bridgehead atoms. The highest BCUT2D eigenvalue weighted by molar-refractivity contribution is 7.77. The van der Waals surface area contributed by atoms with Gasteiger partial charge in [0.25, 0.3) is 17.2 Å². The first kappa shape index (κ1) is 40.4. The minimum atomic E-state index is -2.57. The molecule has 3 heterocycles. The van der Waals surface area contributed by atoms with Crippen LogP contribution in [0.5, 0.6) is 11.5 Å². The van der Waals surface area contributed by atoms with Gasteiger partial charge in [-0.1, -0.05) is 57.2 Å². The number of methoxy groups -OCH3 is 1. The first-order valence-electron chi connectivity index (χ1n) is 19.9. The van der Waals surface area contributed by atoms with Crippen LogP contribution in [0.3, 0.4) is 0 Å². The van der Waals surface area contributed by atoms with Gasteiger partial charge in [-0.2, -0.15) is 0 Å². The fraction of sp³-hybridized carbons (Fsp3) is 0.512. The minimum absolute atomic E-state index is 0.00641. The van der Waals surface area contributed by atoms with E-state index in [0.29, 0.717) is 54.0 Å². The second kappa shape index (κ2) is 16.2. The fourth-order valence-electron chi connectivity index (χ4n) is 8.31. The smallest absolute Gasteiger partial charge is 0.264 e. The van der Waals surface area contributed by atoms with Gasteiger partial charge in [-0.25, -0.2) is 13.5 Å². The topological polar surface area (TPSA) is 159 Å². The summed E-state index contributed by atoms with van der Waals surface area (Å²) in [6.07, 6.45) is 5.29. The monoisotopic (exact) mass is 799 g/mol. The van der Waals surface area contributed by atoms with Crippen LogP contribution in [0.25, 0.3) is 22.2 Å². The number of nitrogens with zero attached hydrogens (tertiary/aromatic N) is 4. The fourth-order valence-corrected chi connectivity index (χ4v) is 9.08. The van der Waals surface area contributed by atoms with E-state index in [1.54, 1.807) is 13.2 Å². The Labute approximate surface area is 336 Å². The van der Waals surface area contributed by atoms with E-state index in [1.165, 1.54) is 4.90 Å². The number of benzene rings is 2. The number of hydrogen-bond acceptors (Lipinski definition) is 8. The Morgan fingerprint density at radius 1 is 1.09 bits per heavy atom. The van der Waals surface area contributed by atoms with Crippen LogP contribution in [0.4, 0.5) is 0 Å². The molecule has 2 aromatic carbocycles. The van der Waals surface area contributed by atoms with E-state index in [4.69, 9.17) is 14.5 Å². The summed E-state index contributed by atoms with van der Waals surface area (Å²) in [6, 6.07) is 15.6. The molecule has 13 nitrogen and oxygen atoms in total. The number of fused-ring (bicyclic) bond motifs is 1. The molecule has 2 aliphatic carbocycles. The van der Waals surface area contributed by atoms with E-state index in [2.05, 4.69) is 11.9 Å². The third-order valence-electron chi connectivity index (χ3n) is 11.9. The molecule has 2 saturated heterocycles. The Balaban J connectivity index is 1.23. The average Bonchev–Trinajstić information content (AvgIpc) is 4.13. The Hall–Kier alpha value is -4.82. The maximum atomic E-state index is 14.9. The van der Waals surface area contributed by atoms with E-state index >= 15 is 0 Å². The SMILES string of the molecule is C=CC1C[C@]1(NC(=O)[C@@H]1C[C@@H](Oc2cc(-c3ccccc3)nc3ccc(OC)cc23)CN1C(=O)[C@@H](CC(=O)N1CCCCC1)C(C)(C)C)C(=O)N(C1CC1)S(=O)O. The number of carbonyl (C=O) groups is 4. The lowest BCUT2D eigenvalue weighted by atomic mass is 9.77. The van der Waals surface area contributed by atoms with Gasteiger partial charge in [0.05, 0.1) is 30.8 Å². The van der Waals surface area contributed by atoms with E-state index in [9.17, 15) is 27.9 Å². The highest BCUT2D eigenvalue weighted by atomic mass is 32.2. The summed E-state index contributed by atoms with van der Waals surface area (Å²) in [5, 5.41) is 3.63. The van der Waals surface area contributed by atoms with Crippen molar-refractivity contribution in [1.82, 2.24) is 24.4 Å². The number of nitrogens with one attached hydrogen (secondary N) is 1. The van der Waals surface area contributed by atoms with Crippen molar-refractivity contribution in [2.45, 2.75) is 95.9 Å². The molecule has 1 aromatic heterocycles. The lowest BCUT2D eigenvalue weighted by molar-refractivity contribution is -0.149. The van der Waals surface area contributed by atoms with Crippen LogP contribution in [0.15, 0.2) is 67.3 Å². The van der Waals surface area contributed by atoms with Crippen molar-refractivity contribution in [2.24, 2.45) is 17.3 Å². The van der Waals surface area contributed by atoms with Crippen LogP contribution in [0, 0.1) is 17.3 Å². The van der Waals surface area contributed by atoms with Gasteiger partial charge in [0.1, 0.15) is 29.2 Å². The zero-order valence-electron chi connectivity index (χ0n) is 33.1. The molecular formula is C43H53N5O8S. The summed E-state index contributed by atoms with van der Waals surface area (Å²) in [7, 11) is 1.58. The van der Waals surface area contributed by atoms with Crippen molar-refractivity contribution >= 4 is 45.8 Å². The van der Waals surface area contributed by atoms with Gasteiger partial charge in [0.15, 0.2) is 0 Å². The Morgan fingerprint density at radius 2 is 1.81 bits per heavy atom. The molecule has 0 spiro atoms. The zero-order valence-corrected chi connectivity index (χ0v) is 34.0. The van der Waals surface area contributed by atoms with Crippen LogP contribution in [-0.2, 0) is 30.4 Å². The van der Waals surface area contributed by atoms with Gasteiger partial charge >= 0.3 is 0 Å². The summed E-state index contributed by atoms with van der Waals surface area (Å²) in [6.45, 7) is 11.0. The van der Waals surface area contributed by atoms with Crippen LogP contribution < -0.4 is 14.8 Å². The summed E-state index contributed by atoms with van der Waals surface area (Å²) < 4.78 is 35.8. The van der Waals surface area contributed by atoms with Crippen LogP contribution in [0.1, 0.15) is 72.1 Å². The van der Waals surface area contributed by atoms with Crippen LogP contribution in [-0.4, -0.2) is 102 Å². The van der Waals surface area contributed by atoms with Crippen molar-refractivity contribution in [2.75, 3.05) is 26.7 Å². The van der Waals surface area contributed by atoms with E-state index < -0.39 is 58.0 Å². The summed E-state index contributed by atoms with van der Waals surface area (Å²) in [5.74, 6) is -1.77. The predicted molar refractivity (Wildman–Crippen MR) is 216 cm³/mol. The molecule has 7 rings (SSSR count). The molecule has 2 aliphatic heterocycles. The number of carbonyl (C=O) groups excluding carboxylic acids is 4. The van der Waals surface area contributed by atoms with E-state index in [0.717, 1.165) is 29.1 Å². The molecule has 3 aromatic rings. The highest BCUT2D eigenvalue weighted by Crippen LogP contribution is 2.48. The number of amides is 4. The molecule has 2 saturated carbocycles. The largest absolute Gasteiger partial charge is 0.497 e. The van der Waals surface area contributed by atoms with Gasteiger partial charge < -0.3 is 24.6 Å². The number of ether oxygens (including phenoxy) is 2. The minimum Gasteiger partial charge on any atom is -0.497 e. The predicted octanol–water partition coefficient (Wildman–Crippen LogP) is 5.51. The van der Waals surface area contributed by atoms with Gasteiger partial charge in [0, 0.05) is 54.9 Å². The highest BCUT2D eigenvalue weighted by Gasteiger charge is 2.64. The number of hydrogen-bond donors (Lipinski definition) is 2. The Bertz CT molecular complexity index is 2060. The first-order valence-corrected chi connectivity index (χ1v) is 21.0. The average molecular weight is 800 g/mol. The second-order valence-electron chi connectivity index (χ2n) is 16.9. The van der Waals surface area contributed by atoms with E-state index in [1.807, 2.05) is 80.3 Å². The molecular weight excluding hydrogens is 747 g/mol. The molecule has 304 valence electrons. The van der Waals surface area contributed by atoms with Crippen molar-refractivity contribution in [1.29, 1.82) is 0 Å². The number of aromatic nitrogens is 1. The Kier molecular flexibility index (Phi) is 11.5. The molecule has 4 fully saturated rings. The van der Waals surface area contributed by atoms with Crippen molar-refractivity contribution in [3.8, 4) is 22.8 Å². The molecule has 4 aliphatic rings. The lowest BCUT2D eigenvalue weighted by Gasteiger charge is -2.36. The third-order valence-corrected chi connectivity index (χ3v) is 12.7. The molecule has 57 heavy (non-hydrogen) atoms. The van der Waals surface area contributed by atoms with Gasteiger partial charge in [-0.3, -0.25) is 23.7 Å². The Morgan fingerprint density at radius 3 is 2.42 bits per heavy atom. The van der Waals surface area contributed by atoms with Crippen LogP contribution >= 0.6 is 0 Å². The molecule has 0 radical (unpaired) electrons. The maximum Gasteiger partial charge on any atom is 0.264 e. The summed E-state index contributed by atoms with van der Waals surface area (Å²) >= 11 is -2.57. The normalized spacial score (nSPS) is 24.3. The summed E-state index contributed by atoms with van der Waals surface area (Å²) in [5.41, 5.74) is 0.125. The molecule has 6 atom stereocenters. The van der Waals surface area contributed by atoms with Crippen LogP contribution in [0.2, 0.25) is 0 Å². The molecule has 2 N–H and O–H groups in total. The number of rotatable bonds is 13. The number of pyridine rings is 1. The van der Waals surface area contributed by atoms with Gasteiger partial charge in [0.2, 0.25) is 17.7 Å². The van der Waals surface area contributed by atoms with Gasteiger partial charge in [-0.05, 0) is 62.1 Å². The van der Waals surface area contributed by atoms with Crippen molar-refractivity contribution in [3.05, 3.63) is 67.3 Å². The van der Waals surface area contributed by atoms with Crippen molar-refractivity contribution < 1.29 is 37.4 Å². The molecule has 2 unspecified atom stereocenters. The number of likely N-dealkylation sites (tertiary alicyclic amines) is 2. The molecule has 4 amide bonds. The zero-order chi connectivity index (χ0) is 40.6. The first-order chi connectivity index (χ1) is 27.2. The van der Waals surface area contributed by atoms with Gasteiger partial charge in [-0.15, -0.1) is 6.58 Å². The quantitative estimate of drug-likeness (QED) is 0.168. The number of piperidine rings is 1. The lowest BCUT2D eigenvalue weighted by Crippen LogP contribution is -2.57. The summed E-state index contributed by atoms with van der Waals surface area (Å²) in [4.78, 5) is 65.4. The third kappa shape index (κ3) is 8.43. The van der Waals surface area contributed by atoms with E-state index in [-0.39, 0.29) is 43.7 Å². The standard InChI is InChI=1S/C43H53N5O8S/c1-6-28-25-43(28,41(52)48(57(53)54)29-15-16-29)45-39(50)36-22-31(26-47(36)40(51)33(42(2,3)4)23-38(49)46-19-11-8-12-20-46)56-37-24-35(27-13-9-7-10-14-27)44-34-18-17-30(55-5)21-32(34)37/h6-7,9-10,13-14,17-18,21,24,28-29,31,33,36H,1,8,11-12,15-16,19-20,22-23,25-26H2,2-5H3,(H,45,50)(H,53,54)/t28?,31-,33-,36+,43-/m1/s1. The second-order valence-corrected chi connectivity index (χ2v) is 17.8. The van der Waals surface area contributed by atoms with Crippen molar-refractivity contribution in [3.63, 3.8) is 0 Å². The molecule has 14 heteroatoms.